The van der Waals surface area contributed by atoms with Gasteiger partial charge in [-0.15, -0.1) is 11.3 Å². The van der Waals surface area contributed by atoms with E-state index < -0.39 is 0 Å². The van der Waals surface area contributed by atoms with Gasteiger partial charge in [-0.2, -0.15) is 16.7 Å². The number of nitrogens with two attached hydrogens (primary N) is 1. The van der Waals surface area contributed by atoms with E-state index in [-0.39, 0.29) is 0 Å². The Hall–Kier alpha value is -1.05. The number of nitrogen functional groups attached to an aromatic ring is 1. The zero-order valence-corrected chi connectivity index (χ0v) is 12.3. The Balaban J connectivity index is 2.44. The average Bonchev–Trinajstić information content (AvgIpc) is 2.84. The van der Waals surface area contributed by atoms with E-state index in [1.54, 1.807) is 11.3 Å². The van der Waals surface area contributed by atoms with Gasteiger partial charge in [-0.25, -0.2) is 10.8 Å². The van der Waals surface area contributed by atoms with Crippen LogP contribution >= 0.6 is 23.1 Å². The molecule has 2 rings (SSSR count). The molecule has 0 saturated carbocycles. The lowest BCUT2D eigenvalue weighted by atomic mass is 10.3. The quantitative estimate of drug-likeness (QED) is 0.647. The van der Waals surface area contributed by atoms with Gasteiger partial charge in [-0.1, -0.05) is 0 Å². The van der Waals surface area contributed by atoms with Gasteiger partial charge in [0.05, 0.1) is 5.39 Å². The van der Waals surface area contributed by atoms with E-state index in [9.17, 15) is 0 Å². The highest BCUT2D eigenvalue weighted by Gasteiger charge is 2.16. The Bertz CT molecular complexity index is 527. The second kappa shape index (κ2) is 5.73. The third-order valence-electron chi connectivity index (χ3n) is 2.84. The molecule has 98 valence electrons. The lowest BCUT2D eigenvalue weighted by Crippen LogP contribution is -2.32. The average molecular weight is 283 g/mol. The number of anilines is 2. The number of thioether (sulfide) groups is 1. The van der Waals surface area contributed by atoms with Gasteiger partial charge < -0.3 is 4.90 Å². The molecule has 0 aromatic carbocycles. The van der Waals surface area contributed by atoms with E-state index in [1.807, 2.05) is 17.1 Å². The minimum Gasteiger partial charge on any atom is -0.355 e. The fourth-order valence-corrected chi connectivity index (χ4v) is 3.20. The van der Waals surface area contributed by atoms with Crippen LogP contribution in [0.3, 0.4) is 0 Å². The van der Waals surface area contributed by atoms with Crippen LogP contribution in [0.5, 0.6) is 0 Å². The number of hydrazine groups is 1. The van der Waals surface area contributed by atoms with Crippen molar-refractivity contribution in [3.63, 3.8) is 0 Å². The first-order valence-electron chi connectivity index (χ1n) is 5.61. The predicted octanol–water partition coefficient (Wildman–Crippen LogP) is 2.16. The first kappa shape index (κ1) is 13.4. The summed E-state index contributed by atoms with van der Waals surface area (Å²) in [6.45, 7) is 2.19. The third kappa shape index (κ3) is 2.52. The van der Waals surface area contributed by atoms with Crippen LogP contribution in [0.2, 0.25) is 0 Å². The van der Waals surface area contributed by atoms with E-state index >= 15 is 0 Å². The molecule has 7 heteroatoms. The van der Waals surface area contributed by atoms with Crippen LogP contribution in [0.1, 0.15) is 6.92 Å². The van der Waals surface area contributed by atoms with Crippen LogP contribution in [-0.4, -0.2) is 35.1 Å². The maximum Gasteiger partial charge on any atom is 0.240 e. The molecule has 3 N–H and O–H groups in total. The van der Waals surface area contributed by atoms with Crippen molar-refractivity contribution in [3.05, 3.63) is 11.4 Å². The van der Waals surface area contributed by atoms with Gasteiger partial charge in [0.25, 0.3) is 0 Å². The highest BCUT2D eigenvalue weighted by molar-refractivity contribution is 7.98. The molecule has 0 aliphatic heterocycles. The van der Waals surface area contributed by atoms with Crippen LogP contribution in [0, 0.1) is 0 Å². The summed E-state index contributed by atoms with van der Waals surface area (Å²) in [7, 11) is 2.06. The minimum atomic E-state index is 0.406. The summed E-state index contributed by atoms with van der Waals surface area (Å²) < 4.78 is 0. The molecule has 0 saturated heterocycles. The Morgan fingerprint density at radius 2 is 2.33 bits per heavy atom. The molecular weight excluding hydrogens is 266 g/mol. The molecule has 0 aliphatic rings. The number of hydrogen-bond donors (Lipinski definition) is 2. The Morgan fingerprint density at radius 3 is 3.00 bits per heavy atom. The lowest BCUT2D eigenvalue weighted by Gasteiger charge is -2.26. The van der Waals surface area contributed by atoms with Crippen LogP contribution in [0.15, 0.2) is 11.4 Å². The summed E-state index contributed by atoms with van der Waals surface area (Å²) in [6, 6.07) is 2.46. The lowest BCUT2D eigenvalue weighted by molar-refractivity contribution is 0.756. The standard InChI is InChI=1S/C11H17N5S2/c1-7(6-17-3)16(2)9-8-4-5-18-10(8)14-11(13-9)15-12/h4-5,7H,6,12H2,1-3H3,(H,13,14,15). The number of aromatic nitrogens is 2. The van der Waals surface area contributed by atoms with Crippen molar-refractivity contribution in [1.82, 2.24) is 9.97 Å². The van der Waals surface area contributed by atoms with Gasteiger partial charge in [0.1, 0.15) is 10.6 Å². The van der Waals surface area contributed by atoms with Gasteiger partial charge >= 0.3 is 0 Å². The van der Waals surface area contributed by atoms with Crippen LogP contribution in [-0.2, 0) is 0 Å². The van der Waals surface area contributed by atoms with Crippen molar-refractivity contribution in [2.75, 3.05) is 29.4 Å². The number of thiophene rings is 1. The first-order valence-corrected chi connectivity index (χ1v) is 7.88. The molecule has 0 amide bonds. The van der Waals surface area contributed by atoms with E-state index in [0.29, 0.717) is 12.0 Å². The van der Waals surface area contributed by atoms with E-state index in [1.165, 1.54) is 0 Å². The van der Waals surface area contributed by atoms with E-state index in [4.69, 9.17) is 5.84 Å². The zero-order chi connectivity index (χ0) is 13.1. The Morgan fingerprint density at radius 1 is 1.56 bits per heavy atom. The van der Waals surface area contributed by atoms with Gasteiger partial charge in [-0.3, -0.25) is 5.43 Å². The normalized spacial score (nSPS) is 12.7. The zero-order valence-electron chi connectivity index (χ0n) is 10.7. The summed E-state index contributed by atoms with van der Waals surface area (Å²) in [5.41, 5.74) is 2.53. The fraction of sp³-hybridized carbons (Fsp3) is 0.455. The van der Waals surface area contributed by atoms with Crippen molar-refractivity contribution in [3.8, 4) is 0 Å². The van der Waals surface area contributed by atoms with Gasteiger partial charge in [0.15, 0.2) is 0 Å². The van der Waals surface area contributed by atoms with E-state index in [0.717, 1.165) is 21.8 Å². The smallest absolute Gasteiger partial charge is 0.240 e. The Labute approximate surface area is 115 Å². The number of hydrogen-bond acceptors (Lipinski definition) is 7. The molecule has 18 heavy (non-hydrogen) atoms. The summed E-state index contributed by atoms with van der Waals surface area (Å²) in [5, 5.41) is 3.10. The molecule has 0 spiro atoms. The van der Waals surface area contributed by atoms with Crippen LogP contribution in [0.25, 0.3) is 10.2 Å². The van der Waals surface area contributed by atoms with Crippen molar-refractivity contribution < 1.29 is 0 Å². The summed E-state index contributed by atoms with van der Waals surface area (Å²) in [5.74, 6) is 7.86. The molecular formula is C11H17N5S2. The monoisotopic (exact) mass is 283 g/mol. The second-order valence-corrected chi connectivity index (χ2v) is 5.88. The van der Waals surface area contributed by atoms with E-state index in [2.05, 4.69) is 46.6 Å². The van der Waals surface area contributed by atoms with Crippen LogP contribution < -0.4 is 16.2 Å². The predicted molar refractivity (Wildman–Crippen MR) is 81.5 cm³/mol. The molecule has 0 bridgehead atoms. The SMILES string of the molecule is CSCC(C)N(C)c1nc(NN)nc2sccc12. The van der Waals surface area contributed by atoms with Crippen molar-refractivity contribution in [2.24, 2.45) is 5.84 Å². The maximum absolute atomic E-state index is 5.42. The highest BCUT2D eigenvalue weighted by atomic mass is 32.2. The molecule has 5 nitrogen and oxygen atoms in total. The third-order valence-corrected chi connectivity index (χ3v) is 4.46. The Kier molecular flexibility index (Phi) is 4.26. The molecule has 0 fully saturated rings. The van der Waals surface area contributed by atoms with Gasteiger partial charge in [0.2, 0.25) is 5.95 Å². The fourth-order valence-electron chi connectivity index (χ4n) is 1.73. The first-order chi connectivity index (χ1) is 8.67. The van der Waals surface area contributed by atoms with Crippen molar-refractivity contribution >= 4 is 45.1 Å². The molecule has 2 aromatic rings. The van der Waals surface area contributed by atoms with Crippen molar-refractivity contribution in [1.29, 1.82) is 0 Å². The highest BCUT2D eigenvalue weighted by Crippen LogP contribution is 2.29. The summed E-state index contributed by atoms with van der Waals surface area (Å²) in [6.07, 6.45) is 2.11. The summed E-state index contributed by atoms with van der Waals surface area (Å²) in [4.78, 5) is 11.9. The van der Waals surface area contributed by atoms with Crippen molar-refractivity contribution in [2.45, 2.75) is 13.0 Å². The molecule has 2 aromatic heterocycles. The molecule has 0 radical (unpaired) electrons. The van der Waals surface area contributed by atoms with Crippen LogP contribution in [0.4, 0.5) is 11.8 Å². The molecule has 1 unspecified atom stereocenters. The largest absolute Gasteiger partial charge is 0.355 e. The topological polar surface area (TPSA) is 67.1 Å². The number of nitrogens with one attached hydrogen (secondary N) is 1. The minimum absolute atomic E-state index is 0.406. The van der Waals surface area contributed by atoms with Gasteiger partial charge in [0, 0.05) is 18.8 Å². The maximum atomic E-state index is 5.42. The second-order valence-electron chi connectivity index (χ2n) is 4.07. The molecule has 0 aliphatic carbocycles. The number of rotatable bonds is 5. The molecule has 2 heterocycles. The number of fused-ring (bicyclic) bond motifs is 1. The van der Waals surface area contributed by atoms with Gasteiger partial charge in [-0.05, 0) is 24.6 Å². The number of nitrogens with zero attached hydrogens (tertiary/aromatic N) is 3. The summed E-state index contributed by atoms with van der Waals surface area (Å²) >= 11 is 3.42. The molecule has 1 atom stereocenters.